The predicted molar refractivity (Wildman–Crippen MR) is 130 cm³/mol. The molecule has 0 radical (unpaired) electrons. The summed E-state index contributed by atoms with van der Waals surface area (Å²) in [6.45, 7) is 4.14. The van der Waals surface area contributed by atoms with Gasteiger partial charge in [0.1, 0.15) is 5.82 Å². The molecule has 0 saturated heterocycles. The van der Waals surface area contributed by atoms with Gasteiger partial charge in [0.15, 0.2) is 17.3 Å². The Kier molecular flexibility index (Phi) is 6.01. The molecule has 4 rings (SSSR count). The van der Waals surface area contributed by atoms with Crippen LogP contribution in [0.15, 0.2) is 65.1 Å². The zero-order valence-corrected chi connectivity index (χ0v) is 20.1. The van der Waals surface area contributed by atoms with Crippen LogP contribution in [0.5, 0.6) is 17.2 Å². The van der Waals surface area contributed by atoms with Gasteiger partial charge in [-0.3, -0.25) is 9.69 Å². The molecule has 1 aliphatic heterocycles. The number of carbonyl (C=O) groups excluding carboxylic acids is 1. The Bertz CT molecular complexity index is 1210. The van der Waals surface area contributed by atoms with Crippen LogP contribution in [0.1, 0.15) is 38.2 Å². The van der Waals surface area contributed by atoms with Crippen molar-refractivity contribution >= 4 is 11.5 Å². The number of benzene rings is 2. The Hall–Kier alpha value is -3.92. The molecule has 0 spiro atoms. The fourth-order valence-electron chi connectivity index (χ4n) is 4.98. The molecule has 1 heterocycles. The van der Waals surface area contributed by atoms with Crippen LogP contribution >= 0.6 is 0 Å². The quantitative estimate of drug-likeness (QED) is 0.695. The lowest BCUT2D eigenvalue weighted by atomic mass is 9.68. The second-order valence-electron chi connectivity index (χ2n) is 9.27. The second-order valence-corrected chi connectivity index (χ2v) is 9.27. The number of nitrogens with zero attached hydrogens (tertiary/aromatic N) is 2. The molecule has 2 N–H and O–H groups in total. The third-order valence-electron chi connectivity index (χ3n) is 6.42. The predicted octanol–water partition coefficient (Wildman–Crippen LogP) is 4.65. The third-order valence-corrected chi connectivity index (χ3v) is 6.42. The zero-order chi connectivity index (χ0) is 24.6. The Morgan fingerprint density at radius 1 is 1.03 bits per heavy atom. The van der Waals surface area contributed by atoms with Crippen LogP contribution in [0.4, 0.5) is 5.69 Å². The van der Waals surface area contributed by atoms with Crippen LogP contribution in [-0.2, 0) is 4.79 Å². The van der Waals surface area contributed by atoms with Gasteiger partial charge in [-0.05, 0) is 17.4 Å². The molecule has 2 aromatic carbocycles. The summed E-state index contributed by atoms with van der Waals surface area (Å²) >= 11 is 0. The fourth-order valence-corrected chi connectivity index (χ4v) is 4.98. The number of Topliss-reactive ketones (excluding diaryl/α,β-unsaturated/α-hetero) is 1. The van der Waals surface area contributed by atoms with E-state index < -0.39 is 5.92 Å². The van der Waals surface area contributed by atoms with Crippen LogP contribution < -0.4 is 24.8 Å². The van der Waals surface area contributed by atoms with E-state index in [2.05, 4.69) is 19.9 Å². The van der Waals surface area contributed by atoms with E-state index in [-0.39, 0.29) is 17.0 Å². The number of hydrogen-bond acceptors (Lipinski definition) is 7. The Morgan fingerprint density at radius 3 is 2.18 bits per heavy atom. The molecule has 2 aliphatic rings. The highest BCUT2D eigenvalue weighted by Gasteiger charge is 2.44. The number of methoxy groups -OCH3 is 3. The molecule has 0 aromatic heterocycles. The summed E-state index contributed by atoms with van der Waals surface area (Å²) in [6.07, 6.45) is 1.02. The highest BCUT2D eigenvalue weighted by molar-refractivity contribution is 6.01. The van der Waals surface area contributed by atoms with Crippen molar-refractivity contribution in [2.45, 2.75) is 32.6 Å². The topological polar surface area (TPSA) is 97.8 Å². The molecule has 2 aromatic rings. The molecular formula is C27H29N3O4. The molecule has 0 bridgehead atoms. The van der Waals surface area contributed by atoms with Crippen molar-refractivity contribution in [3.63, 3.8) is 0 Å². The number of ether oxygens (including phenoxy) is 3. The Balaban J connectivity index is 2.02. The van der Waals surface area contributed by atoms with Crippen molar-refractivity contribution in [3.8, 4) is 23.3 Å². The van der Waals surface area contributed by atoms with Crippen LogP contribution in [0, 0.1) is 16.7 Å². The number of ketones is 1. The van der Waals surface area contributed by atoms with Gasteiger partial charge in [0.05, 0.1) is 44.6 Å². The minimum Gasteiger partial charge on any atom is -0.493 e. The standard InChI is InChI=1S/C27H29N3O4/c1-27(2)13-19-24(20(31)14-27)23(16-9-7-6-8-10-16)18(15-28)26(29)30(19)17-11-21(32-3)25(34-5)22(12-17)33-4/h6-12,23H,13-14,29H2,1-5H3. The number of carbonyl (C=O) groups is 1. The number of nitriles is 1. The molecule has 176 valence electrons. The van der Waals surface area contributed by atoms with Gasteiger partial charge in [0, 0.05) is 29.8 Å². The Labute approximate surface area is 200 Å². The zero-order valence-electron chi connectivity index (χ0n) is 20.1. The largest absolute Gasteiger partial charge is 0.493 e. The Morgan fingerprint density at radius 2 is 1.65 bits per heavy atom. The van der Waals surface area contributed by atoms with E-state index in [9.17, 15) is 10.1 Å². The van der Waals surface area contributed by atoms with Gasteiger partial charge < -0.3 is 19.9 Å². The number of nitrogens with two attached hydrogens (primary N) is 1. The van der Waals surface area contributed by atoms with Gasteiger partial charge in [-0.15, -0.1) is 0 Å². The molecule has 0 saturated carbocycles. The van der Waals surface area contributed by atoms with Gasteiger partial charge in [0.2, 0.25) is 5.75 Å². The summed E-state index contributed by atoms with van der Waals surface area (Å²) in [7, 11) is 4.62. The summed E-state index contributed by atoms with van der Waals surface area (Å²) < 4.78 is 16.6. The summed E-state index contributed by atoms with van der Waals surface area (Å²) in [5.74, 6) is 1.16. The maximum absolute atomic E-state index is 13.6. The van der Waals surface area contributed by atoms with Gasteiger partial charge >= 0.3 is 0 Å². The van der Waals surface area contributed by atoms with E-state index in [1.807, 2.05) is 30.3 Å². The van der Waals surface area contributed by atoms with Crippen molar-refractivity contribution in [3.05, 3.63) is 70.7 Å². The maximum Gasteiger partial charge on any atom is 0.203 e. The van der Waals surface area contributed by atoms with Gasteiger partial charge in [-0.1, -0.05) is 44.2 Å². The van der Waals surface area contributed by atoms with Crippen molar-refractivity contribution < 1.29 is 19.0 Å². The number of rotatable bonds is 5. The molecule has 7 heteroatoms. The number of hydrogen-bond donors (Lipinski definition) is 1. The smallest absolute Gasteiger partial charge is 0.203 e. The molecule has 34 heavy (non-hydrogen) atoms. The molecule has 1 unspecified atom stereocenters. The monoisotopic (exact) mass is 459 g/mol. The molecule has 1 atom stereocenters. The second kappa shape index (κ2) is 8.79. The lowest BCUT2D eigenvalue weighted by Gasteiger charge is -2.43. The first-order valence-corrected chi connectivity index (χ1v) is 11.1. The summed E-state index contributed by atoms with van der Waals surface area (Å²) in [5, 5.41) is 10.2. The van der Waals surface area contributed by atoms with Gasteiger partial charge in [-0.25, -0.2) is 0 Å². The highest BCUT2D eigenvalue weighted by atomic mass is 16.5. The van der Waals surface area contributed by atoms with E-state index in [1.165, 1.54) is 7.11 Å². The molecule has 7 nitrogen and oxygen atoms in total. The summed E-state index contributed by atoms with van der Waals surface area (Å²) in [4.78, 5) is 15.4. The van der Waals surface area contributed by atoms with Gasteiger partial charge in [0.25, 0.3) is 0 Å². The molecule has 0 fully saturated rings. The average Bonchev–Trinajstić information content (AvgIpc) is 2.82. The third kappa shape index (κ3) is 3.75. The van der Waals surface area contributed by atoms with Crippen molar-refractivity contribution in [2.24, 2.45) is 11.1 Å². The van der Waals surface area contributed by atoms with E-state index >= 15 is 0 Å². The molecule has 1 aliphatic carbocycles. The van der Waals surface area contributed by atoms with Crippen LogP contribution in [-0.4, -0.2) is 27.1 Å². The van der Waals surface area contributed by atoms with E-state index in [4.69, 9.17) is 19.9 Å². The lowest BCUT2D eigenvalue weighted by Crippen LogP contribution is -2.42. The summed E-state index contributed by atoms with van der Waals surface area (Å²) in [6, 6.07) is 15.4. The van der Waals surface area contributed by atoms with Crippen molar-refractivity contribution in [1.29, 1.82) is 5.26 Å². The fraction of sp³-hybridized carbons (Fsp3) is 0.333. The van der Waals surface area contributed by atoms with Crippen molar-refractivity contribution in [2.75, 3.05) is 26.2 Å². The van der Waals surface area contributed by atoms with E-state index in [0.717, 1.165) is 11.3 Å². The van der Waals surface area contributed by atoms with Crippen molar-refractivity contribution in [1.82, 2.24) is 0 Å². The number of allylic oxidation sites excluding steroid dienone is 3. The van der Waals surface area contributed by atoms with Crippen LogP contribution in [0.2, 0.25) is 0 Å². The van der Waals surface area contributed by atoms with Crippen LogP contribution in [0.3, 0.4) is 0 Å². The van der Waals surface area contributed by atoms with Gasteiger partial charge in [-0.2, -0.15) is 5.26 Å². The van der Waals surface area contributed by atoms with E-state index in [0.29, 0.717) is 46.9 Å². The van der Waals surface area contributed by atoms with Crippen LogP contribution in [0.25, 0.3) is 0 Å². The maximum atomic E-state index is 13.6. The first-order valence-electron chi connectivity index (χ1n) is 11.1. The lowest BCUT2D eigenvalue weighted by molar-refractivity contribution is -0.118. The SMILES string of the molecule is COc1cc(N2C(N)=C(C#N)C(c3ccccc3)C3=C2CC(C)(C)CC3=O)cc(OC)c1OC. The first-order chi connectivity index (χ1) is 16.3. The minimum absolute atomic E-state index is 0.0257. The normalized spacial score (nSPS) is 19.5. The average molecular weight is 460 g/mol. The molecular weight excluding hydrogens is 430 g/mol. The molecule has 0 amide bonds. The highest BCUT2D eigenvalue weighted by Crippen LogP contribution is 2.51. The minimum atomic E-state index is -0.511. The number of anilines is 1. The summed E-state index contributed by atoms with van der Waals surface area (Å²) in [5.41, 5.74) is 9.69. The first kappa shape index (κ1) is 23.2. The van der Waals surface area contributed by atoms with E-state index in [1.54, 1.807) is 31.3 Å².